The summed E-state index contributed by atoms with van der Waals surface area (Å²) in [4.78, 5) is 34.5. The minimum atomic E-state index is -1.29. The summed E-state index contributed by atoms with van der Waals surface area (Å²) in [5, 5.41) is 4.24. The van der Waals surface area contributed by atoms with Crippen molar-refractivity contribution in [2.45, 2.75) is 69.0 Å². The van der Waals surface area contributed by atoms with E-state index in [1.54, 1.807) is 0 Å². The molecular weight excluding hydrogens is 324 g/mol. The first-order chi connectivity index (χ1) is 9.50. The molecule has 1 fully saturated rings. The number of barbiturate groups is 1. The molecule has 0 saturated carbocycles. The van der Waals surface area contributed by atoms with Gasteiger partial charge in [-0.2, -0.15) is 0 Å². The predicted octanol–water partition coefficient (Wildman–Crippen LogP) is 3.02. The number of imide groups is 2. The van der Waals surface area contributed by atoms with Gasteiger partial charge >= 0.3 is 6.03 Å². The van der Waals surface area contributed by atoms with Crippen molar-refractivity contribution in [3.05, 3.63) is 0 Å². The van der Waals surface area contributed by atoms with Crippen molar-refractivity contribution in [2.75, 3.05) is 0 Å². The normalized spacial score (nSPS) is 17.8. The molecule has 2 N–H and O–H groups in total. The Bertz CT molecular complexity index is 351. The summed E-state index contributed by atoms with van der Waals surface area (Å²) in [6.45, 7) is 2.19. The van der Waals surface area contributed by atoms with Crippen LogP contribution < -0.4 is 10.6 Å². The number of halogens is 1. The van der Waals surface area contributed by atoms with Gasteiger partial charge in [-0.05, 0) is 6.42 Å². The molecule has 114 valence electrons. The number of nitrogens with one attached hydrogen (secondary N) is 2. The fourth-order valence-corrected chi connectivity index (χ4v) is 2.75. The van der Waals surface area contributed by atoms with E-state index in [2.05, 4.69) is 33.5 Å². The predicted molar refractivity (Wildman–Crippen MR) is 80.6 cm³/mol. The molecule has 1 heterocycles. The summed E-state index contributed by atoms with van der Waals surface area (Å²) in [6.07, 6.45) is 9.58. The third kappa shape index (κ3) is 4.89. The van der Waals surface area contributed by atoms with E-state index in [0.29, 0.717) is 6.42 Å². The number of carbonyl (C=O) groups is 3. The molecule has 0 aromatic carbocycles. The Morgan fingerprint density at radius 3 is 1.80 bits per heavy atom. The van der Waals surface area contributed by atoms with Gasteiger partial charge in [0, 0.05) is 0 Å². The SMILES string of the molecule is CCCCCCCCCCC1(Br)C(=O)NC(=O)NC1=O. The van der Waals surface area contributed by atoms with E-state index < -0.39 is 22.2 Å². The van der Waals surface area contributed by atoms with Crippen molar-refractivity contribution < 1.29 is 14.4 Å². The highest BCUT2D eigenvalue weighted by Gasteiger charge is 2.47. The van der Waals surface area contributed by atoms with E-state index >= 15 is 0 Å². The molecule has 0 atom stereocenters. The van der Waals surface area contributed by atoms with E-state index in [0.717, 1.165) is 19.3 Å². The molecular formula is C14H23BrN2O3. The summed E-state index contributed by atoms with van der Waals surface area (Å²) >= 11 is 3.18. The number of alkyl halides is 1. The van der Waals surface area contributed by atoms with Crippen molar-refractivity contribution in [2.24, 2.45) is 0 Å². The minimum Gasteiger partial charge on any atom is -0.276 e. The maximum atomic E-state index is 11.7. The first-order valence-corrected chi connectivity index (χ1v) is 8.16. The van der Waals surface area contributed by atoms with Crippen LogP contribution in [0.2, 0.25) is 0 Å². The molecule has 20 heavy (non-hydrogen) atoms. The zero-order chi connectivity index (χ0) is 15.0. The number of hydrogen-bond donors (Lipinski definition) is 2. The lowest BCUT2D eigenvalue weighted by atomic mass is 9.97. The molecule has 6 heteroatoms. The molecule has 0 radical (unpaired) electrons. The van der Waals surface area contributed by atoms with Gasteiger partial charge in [0.1, 0.15) is 0 Å². The fraction of sp³-hybridized carbons (Fsp3) is 0.786. The summed E-state index contributed by atoms with van der Waals surface area (Å²) in [5.74, 6) is -1.12. The van der Waals surface area contributed by atoms with Gasteiger partial charge in [0.05, 0.1) is 0 Å². The van der Waals surface area contributed by atoms with Gasteiger partial charge in [-0.15, -0.1) is 0 Å². The first kappa shape index (κ1) is 17.1. The molecule has 0 aliphatic carbocycles. The Hall–Kier alpha value is -0.910. The van der Waals surface area contributed by atoms with E-state index in [9.17, 15) is 14.4 Å². The largest absolute Gasteiger partial charge is 0.328 e. The zero-order valence-electron chi connectivity index (χ0n) is 12.0. The van der Waals surface area contributed by atoms with E-state index in [4.69, 9.17) is 0 Å². The fourth-order valence-electron chi connectivity index (χ4n) is 2.27. The van der Waals surface area contributed by atoms with Gasteiger partial charge in [0.25, 0.3) is 11.8 Å². The summed E-state index contributed by atoms with van der Waals surface area (Å²) < 4.78 is -1.29. The second-order valence-electron chi connectivity index (χ2n) is 5.26. The second kappa shape index (κ2) is 8.39. The number of amides is 4. The molecule has 0 unspecified atom stereocenters. The number of rotatable bonds is 9. The van der Waals surface area contributed by atoms with Crippen LogP contribution >= 0.6 is 15.9 Å². The molecule has 1 rings (SSSR count). The summed E-state index contributed by atoms with van der Waals surface area (Å²) in [6, 6.07) is -0.744. The van der Waals surface area contributed by atoms with Crippen LogP contribution in [0.3, 0.4) is 0 Å². The minimum absolute atomic E-state index is 0.410. The topological polar surface area (TPSA) is 75.3 Å². The van der Waals surface area contributed by atoms with Crippen molar-refractivity contribution in [1.29, 1.82) is 0 Å². The van der Waals surface area contributed by atoms with Crippen LogP contribution in [0.5, 0.6) is 0 Å². The maximum absolute atomic E-state index is 11.7. The third-order valence-corrected chi connectivity index (χ3v) is 4.67. The van der Waals surface area contributed by atoms with Gasteiger partial charge in [-0.3, -0.25) is 20.2 Å². The monoisotopic (exact) mass is 346 g/mol. The quantitative estimate of drug-likeness (QED) is 0.382. The van der Waals surface area contributed by atoms with Crippen molar-refractivity contribution in [3.8, 4) is 0 Å². The molecule has 5 nitrogen and oxygen atoms in total. The van der Waals surface area contributed by atoms with Crippen molar-refractivity contribution >= 4 is 33.8 Å². The molecule has 0 spiro atoms. The smallest absolute Gasteiger partial charge is 0.276 e. The molecule has 1 saturated heterocycles. The molecule has 1 aliphatic heterocycles. The van der Waals surface area contributed by atoms with Crippen LogP contribution in [0.15, 0.2) is 0 Å². The lowest BCUT2D eigenvalue weighted by Crippen LogP contribution is -2.63. The summed E-state index contributed by atoms with van der Waals surface area (Å²) in [7, 11) is 0. The molecule has 1 aliphatic rings. The van der Waals surface area contributed by atoms with E-state index in [1.807, 2.05) is 0 Å². The maximum Gasteiger partial charge on any atom is 0.328 e. The second-order valence-corrected chi connectivity index (χ2v) is 6.62. The highest BCUT2D eigenvalue weighted by Crippen LogP contribution is 2.28. The number of urea groups is 1. The number of carbonyl (C=O) groups excluding carboxylic acids is 3. The lowest BCUT2D eigenvalue weighted by Gasteiger charge is -2.28. The van der Waals surface area contributed by atoms with Gasteiger partial charge in [-0.25, -0.2) is 4.79 Å². The van der Waals surface area contributed by atoms with E-state index in [1.165, 1.54) is 32.1 Å². The average molecular weight is 347 g/mol. The van der Waals surface area contributed by atoms with Crippen molar-refractivity contribution in [3.63, 3.8) is 0 Å². The van der Waals surface area contributed by atoms with Crippen LogP contribution in [-0.2, 0) is 9.59 Å². The Kier molecular flexibility index (Phi) is 7.19. The van der Waals surface area contributed by atoms with Crippen LogP contribution in [-0.4, -0.2) is 22.2 Å². The standard InChI is InChI=1S/C14H23BrN2O3/c1-2-3-4-5-6-7-8-9-10-14(15)11(18)16-13(20)17-12(14)19/h2-10H2,1H3,(H2,16,17,18,19,20). The van der Waals surface area contributed by atoms with Crippen LogP contribution in [0.1, 0.15) is 64.7 Å². The van der Waals surface area contributed by atoms with Crippen molar-refractivity contribution in [1.82, 2.24) is 10.6 Å². The Morgan fingerprint density at radius 1 is 0.850 bits per heavy atom. The lowest BCUT2D eigenvalue weighted by molar-refractivity contribution is -0.133. The molecule has 0 bridgehead atoms. The van der Waals surface area contributed by atoms with Gasteiger partial charge in [0.2, 0.25) is 0 Å². The number of unbranched alkanes of at least 4 members (excludes halogenated alkanes) is 7. The summed E-state index contributed by atoms with van der Waals surface area (Å²) in [5.41, 5.74) is 0. The molecule has 0 aromatic rings. The van der Waals surface area contributed by atoms with Crippen LogP contribution in [0.4, 0.5) is 4.79 Å². The molecule has 0 aromatic heterocycles. The Labute approximate surface area is 128 Å². The van der Waals surface area contributed by atoms with Gasteiger partial charge < -0.3 is 0 Å². The van der Waals surface area contributed by atoms with Gasteiger partial charge in [-0.1, -0.05) is 74.2 Å². The third-order valence-electron chi connectivity index (χ3n) is 3.55. The average Bonchev–Trinajstić information content (AvgIpc) is 2.39. The Balaban J connectivity index is 2.21. The zero-order valence-corrected chi connectivity index (χ0v) is 13.6. The Morgan fingerprint density at radius 2 is 1.30 bits per heavy atom. The first-order valence-electron chi connectivity index (χ1n) is 7.36. The number of hydrogen-bond acceptors (Lipinski definition) is 3. The highest BCUT2D eigenvalue weighted by molar-refractivity contribution is 9.10. The van der Waals surface area contributed by atoms with Gasteiger partial charge in [0.15, 0.2) is 4.32 Å². The van der Waals surface area contributed by atoms with Crippen LogP contribution in [0, 0.1) is 0 Å². The highest BCUT2D eigenvalue weighted by atomic mass is 79.9. The van der Waals surface area contributed by atoms with E-state index in [-0.39, 0.29) is 0 Å². The van der Waals surface area contributed by atoms with Crippen LogP contribution in [0.25, 0.3) is 0 Å². The molecule has 4 amide bonds.